The Morgan fingerprint density at radius 2 is 0.704 bits per heavy atom. The van der Waals surface area contributed by atoms with Gasteiger partial charge in [-0.1, -0.05) is 157 Å². The van der Waals surface area contributed by atoms with E-state index in [0.717, 1.165) is 13.1 Å². The van der Waals surface area contributed by atoms with Crippen molar-refractivity contribution < 1.29 is 0 Å². The average molecular weight is 711 g/mol. The van der Waals surface area contributed by atoms with Crippen LogP contribution in [-0.2, 0) is 13.1 Å². The van der Waals surface area contributed by atoms with Gasteiger partial charge in [0.2, 0.25) is 0 Å². The molecule has 0 unspecified atom stereocenters. The molecule has 4 nitrogen and oxygen atoms in total. The molecule has 0 atom stereocenters. The largest absolute Gasteiger partial charge is 0.326 e. The molecular formula is C50H54N4. The molecule has 0 N–H and O–H groups in total. The van der Waals surface area contributed by atoms with Crippen molar-refractivity contribution in [1.82, 2.24) is 18.3 Å². The first-order valence-corrected chi connectivity index (χ1v) is 20.9. The van der Waals surface area contributed by atoms with Gasteiger partial charge in [-0.15, -0.1) is 0 Å². The number of hydrogen-bond acceptors (Lipinski definition) is 0. The third-order valence-corrected chi connectivity index (χ3v) is 12.0. The van der Waals surface area contributed by atoms with Crippen LogP contribution in [0.15, 0.2) is 121 Å². The lowest BCUT2D eigenvalue weighted by Crippen LogP contribution is -2.06. The molecule has 0 saturated carbocycles. The molecule has 4 aromatic heterocycles. The highest BCUT2D eigenvalue weighted by Crippen LogP contribution is 2.42. The minimum absolute atomic E-state index is 1.02. The van der Waals surface area contributed by atoms with Crippen molar-refractivity contribution in [2.24, 2.45) is 0 Å². The maximum Gasteiger partial charge on any atom is 0.126 e. The Hall–Kier alpha value is -5.22. The van der Waals surface area contributed by atoms with E-state index in [1.165, 1.54) is 154 Å². The smallest absolute Gasteiger partial charge is 0.126 e. The predicted octanol–water partition coefficient (Wildman–Crippen LogP) is 14.5. The van der Waals surface area contributed by atoms with E-state index in [1.54, 1.807) is 0 Å². The summed E-state index contributed by atoms with van der Waals surface area (Å²) < 4.78 is 10.4. The molecule has 9 rings (SSSR count). The first-order chi connectivity index (χ1) is 26.8. The van der Waals surface area contributed by atoms with Crippen molar-refractivity contribution in [3.8, 4) is 11.4 Å². The maximum atomic E-state index is 2.62. The van der Waals surface area contributed by atoms with Gasteiger partial charge in [0, 0.05) is 56.8 Å². The number of fused-ring (bicyclic) bond motifs is 10. The van der Waals surface area contributed by atoms with Crippen LogP contribution in [-0.4, -0.2) is 18.3 Å². The van der Waals surface area contributed by atoms with Crippen LogP contribution < -0.4 is 0 Å². The molecule has 4 heteroatoms. The van der Waals surface area contributed by atoms with Gasteiger partial charge in [0.25, 0.3) is 0 Å². The van der Waals surface area contributed by atoms with Gasteiger partial charge in [-0.05, 0) is 55.3 Å². The third-order valence-electron chi connectivity index (χ3n) is 12.0. The van der Waals surface area contributed by atoms with Crippen LogP contribution in [0, 0.1) is 0 Å². The molecule has 0 radical (unpaired) electrons. The van der Waals surface area contributed by atoms with Crippen LogP contribution in [0.2, 0.25) is 0 Å². The Bertz CT molecular complexity index is 2530. The Balaban J connectivity index is 1.23. The number of aromatic nitrogens is 4. The SMILES string of the molecule is CCCCCCCCn1c2ccccc2c2c3ccccc3n(-c3cccc(-n4c5ccccc5c5c6ccccc6n(CCCCCCCC)c54)c3)c21. The number of para-hydroxylation sites is 4. The summed E-state index contributed by atoms with van der Waals surface area (Å²) in [5.41, 5.74) is 10.2. The van der Waals surface area contributed by atoms with Gasteiger partial charge in [0.1, 0.15) is 11.3 Å². The minimum Gasteiger partial charge on any atom is -0.326 e. The fraction of sp³-hybridized carbons (Fsp3) is 0.320. The quantitative estimate of drug-likeness (QED) is 0.0890. The highest BCUT2D eigenvalue weighted by atomic mass is 15.2. The summed E-state index contributed by atoms with van der Waals surface area (Å²) in [5, 5.41) is 8.08. The van der Waals surface area contributed by atoms with E-state index >= 15 is 0 Å². The molecule has 0 amide bonds. The van der Waals surface area contributed by atoms with Gasteiger partial charge < -0.3 is 9.13 Å². The zero-order valence-electron chi connectivity index (χ0n) is 32.2. The van der Waals surface area contributed by atoms with Crippen molar-refractivity contribution in [2.45, 2.75) is 104 Å². The van der Waals surface area contributed by atoms with Crippen molar-refractivity contribution in [3.05, 3.63) is 121 Å². The first-order valence-electron chi connectivity index (χ1n) is 20.9. The number of nitrogens with zero attached hydrogens (tertiary/aromatic N) is 4. The van der Waals surface area contributed by atoms with E-state index in [1.807, 2.05) is 0 Å². The maximum absolute atomic E-state index is 2.62. The molecule has 9 aromatic rings. The first kappa shape index (κ1) is 34.5. The number of hydrogen-bond donors (Lipinski definition) is 0. The van der Waals surface area contributed by atoms with Gasteiger partial charge in [0.05, 0.1) is 22.1 Å². The molecule has 0 aliphatic rings. The molecule has 0 bridgehead atoms. The number of benzene rings is 5. The second-order valence-corrected chi connectivity index (χ2v) is 15.5. The summed E-state index contributed by atoms with van der Waals surface area (Å²) in [6.45, 7) is 6.64. The van der Waals surface area contributed by atoms with Gasteiger partial charge in [-0.25, -0.2) is 0 Å². The van der Waals surface area contributed by atoms with Crippen molar-refractivity contribution >= 4 is 65.7 Å². The molecule has 5 aromatic carbocycles. The van der Waals surface area contributed by atoms with Gasteiger partial charge >= 0.3 is 0 Å². The fourth-order valence-electron chi connectivity index (χ4n) is 9.41. The molecule has 0 aliphatic carbocycles. The van der Waals surface area contributed by atoms with Crippen molar-refractivity contribution in [1.29, 1.82) is 0 Å². The Morgan fingerprint density at radius 3 is 1.13 bits per heavy atom. The van der Waals surface area contributed by atoms with Crippen LogP contribution in [0.3, 0.4) is 0 Å². The monoisotopic (exact) mass is 710 g/mol. The van der Waals surface area contributed by atoms with Crippen LogP contribution in [0.1, 0.15) is 90.9 Å². The summed E-state index contributed by atoms with van der Waals surface area (Å²) in [5.74, 6) is 0. The van der Waals surface area contributed by atoms with Crippen molar-refractivity contribution in [3.63, 3.8) is 0 Å². The summed E-state index contributed by atoms with van der Waals surface area (Å²) >= 11 is 0. The predicted molar refractivity (Wildman–Crippen MR) is 233 cm³/mol. The Kier molecular flexibility index (Phi) is 9.76. The third kappa shape index (κ3) is 5.91. The lowest BCUT2D eigenvalue weighted by atomic mass is 10.1. The van der Waals surface area contributed by atoms with E-state index < -0.39 is 0 Å². The van der Waals surface area contributed by atoms with Crippen LogP contribution in [0.4, 0.5) is 0 Å². The highest BCUT2D eigenvalue weighted by molar-refractivity contribution is 6.23. The second kappa shape index (κ2) is 15.3. The summed E-state index contributed by atoms with van der Waals surface area (Å²) in [4.78, 5) is 0. The average Bonchev–Trinajstić information content (AvgIpc) is 3.93. The normalized spacial score (nSPS) is 12.2. The molecule has 54 heavy (non-hydrogen) atoms. The van der Waals surface area contributed by atoms with E-state index in [4.69, 9.17) is 0 Å². The number of rotatable bonds is 16. The van der Waals surface area contributed by atoms with Crippen LogP contribution in [0.5, 0.6) is 0 Å². The lowest BCUT2D eigenvalue weighted by molar-refractivity contribution is 0.569. The zero-order chi connectivity index (χ0) is 36.4. The highest BCUT2D eigenvalue weighted by Gasteiger charge is 2.23. The summed E-state index contributed by atoms with van der Waals surface area (Å²) in [6, 6.07) is 45.6. The van der Waals surface area contributed by atoms with Crippen LogP contribution >= 0.6 is 0 Å². The van der Waals surface area contributed by atoms with Gasteiger partial charge in [-0.2, -0.15) is 0 Å². The van der Waals surface area contributed by atoms with E-state index in [2.05, 4.69) is 153 Å². The Labute approximate surface area is 319 Å². The van der Waals surface area contributed by atoms with Gasteiger partial charge in [0.15, 0.2) is 0 Å². The number of aryl methyl sites for hydroxylation is 2. The molecule has 0 fully saturated rings. The number of unbranched alkanes of at least 4 members (excludes halogenated alkanes) is 10. The van der Waals surface area contributed by atoms with Crippen molar-refractivity contribution in [2.75, 3.05) is 0 Å². The summed E-state index contributed by atoms with van der Waals surface area (Å²) in [7, 11) is 0. The topological polar surface area (TPSA) is 19.7 Å². The van der Waals surface area contributed by atoms with Gasteiger partial charge in [-0.3, -0.25) is 9.13 Å². The Morgan fingerprint density at radius 1 is 0.352 bits per heavy atom. The van der Waals surface area contributed by atoms with Crippen LogP contribution in [0.25, 0.3) is 77.1 Å². The second-order valence-electron chi connectivity index (χ2n) is 15.5. The standard InChI is InChI=1S/C50H54N4/c1-3-5-7-9-11-21-34-51-43-30-17-13-26-39(43)47-41-28-15-19-32-45(41)53(49(47)51)37-24-23-25-38(36-37)54-46-33-20-16-29-42(46)48-40-27-14-18-31-44(40)52(50(48)54)35-22-12-10-8-6-4-2/h13-20,23-33,36H,3-12,21-22,34-35H2,1-2H3. The summed E-state index contributed by atoms with van der Waals surface area (Å²) in [6.07, 6.45) is 15.5. The molecule has 0 spiro atoms. The van der Waals surface area contributed by atoms with E-state index in [9.17, 15) is 0 Å². The molecule has 4 heterocycles. The lowest BCUT2D eigenvalue weighted by Gasteiger charge is -2.16. The zero-order valence-corrected chi connectivity index (χ0v) is 32.2. The molecule has 0 aliphatic heterocycles. The molecular weight excluding hydrogens is 657 g/mol. The van der Waals surface area contributed by atoms with E-state index in [-0.39, 0.29) is 0 Å². The molecule has 0 saturated heterocycles. The minimum atomic E-state index is 1.02. The van der Waals surface area contributed by atoms with E-state index in [0.29, 0.717) is 0 Å². The fourth-order valence-corrected chi connectivity index (χ4v) is 9.41. The molecule has 274 valence electrons.